The van der Waals surface area contributed by atoms with Crippen LogP contribution in [0, 0.1) is 0 Å². The van der Waals surface area contributed by atoms with Gasteiger partial charge in [0.1, 0.15) is 0 Å². The van der Waals surface area contributed by atoms with E-state index in [1.54, 1.807) is 31.4 Å². The van der Waals surface area contributed by atoms with Crippen LogP contribution in [0.2, 0.25) is 0 Å². The molecule has 0 atom stereocenters. The van der Waals surface area contributed by atoms with Gasteiger partial charge >= 0.3 is 0 Å². The summed E-state index contributed by atoms with van der Waals surface area (Å²) in [6.45, 7) is 5.37. The Morgan fingerprint density at radius 3 is 2.38 bits per heavy atom. The van der Waals surface area contributed by atoms with Crippen LogP contribution in [0.4, 0.5) is 5.69 Å². The van der Waals surface area contributed by atoms with Crippen LogP contribution in [0.5, 0.6) is 0 Å². The molecule has 2 N–H and O–H groups in total. The van der Waals surface area contributed by atoms with Gasteiger partial charge in [0.2, 0.25) is 0 Å². The van der Waals surface area contributed by atoms with Gasteiger partial charge in [-0.2, -0.15) is 0 Å². The summed E-state index contributed by atoms with van der Waals surface area (Å²) in [5.41, 5.74) is 2.88. The fourth-order valence-electron chi connectivity index (χ4n) is 2.48. The molecule has 2 rings (SSSR count). The van der Waals surface area contributed by atoms with Gasteiger partial charge in [-0.1, -0.05) is 32.0 Å². The van der Waals surface area contributed by atoms with Crippen molar-refractivity contribution in [2.24, 2.45) is 0 Å². The van der Waals surface area contributed by atoms with Crippen LogP contribution in [0.1, 0.15) is 52.5 Å². The number of nitrogens with one attached hydrogen (secondary N) is 2. The lowest BCUT2D eigenvalue weighted by Crippen LogP contribution is -2.25. The van der Waals surface area contributed by atoms with E-state index in [-0.39, 0.29) is 11.8 Å². The van der Waals surface area contributed by atoms with Crippen molar-refractivity contribution in [3.63, 3.8) is 0 Å². The Labute approximate surface area is 154 Å². The first-order valence-corrected chi connectivity index (χ1v) is 8.79. The minimum atomic E-state index is -0.196. The molecule has 0 unspecified atom stereocenters. The highest BCUT2D eigenvalue weighted by molar-refractivity contribution is 6.05. The van der Waals surface area contributed by atoms with E-state index >= 15 is 0 Å². The number of ether oxygens (including phenoxy) is 1. The van der Waals surface area contributed by atoms with Crippen molar-refractivity contribution in [3.8, 4) is 0 Å². The van der Waals surface area contributed by atoms with Gasteiger partial charge in [-0.05, 0) is 48.2 Å². The first-order chi connectivity index (χ1) is 12.5. The molecule has 0 aliphatic rings. The van der Waals surface area contributed by atoms with E-state index in [9.17, 15) is 9.59 Å². The van der Waals surface area contributed by atoms with Crippen LogP contribution in [-0.2, 0) is 4.74 Å². The number of hydrogen-bond acceptors (Lipinski definition) is 3. The number of rotatable bonds is 8. The summed E-state index contributed by atoms with van der Waals surface area (Å²) in [6.07, 6.45) is 0.755. The fraction of sp³-hybridized carbons (Fsp3) is 0.333. The average Bonchev–Trinajstić information content (AvgIpc) is 2.65. The Bertz CT molecular complexity index is 739. The Hall–Kier alpha value is -2.66. The maximum absolute atomic E-state index is 12.4. The maximum atomic E-state index is 12.4. The highest BCUT2D eigenvalue weighted by atomic mass is 16.5. The van der Waals surface area contributed by atoms with Crippen molar-refractivity contribution in [1.29, 1.82) is 0 Å². The molecule has 2 aromatic carbocycles. The van der Waals surface area contributed by atoms with Crippen molar-refractivity contribution in [1.82, 2.24) is 5.32 Å². The smallest absolute Gasteiger partial charge is 0.255 e. The molecule has 0 aromatic heterocycles. The molecular weight excluding hydrogens is 328 g/mol. The third-order valence-corrected chi connectivity index (χ3v) is 4.03. The number of carbonyl (C=O) groups excluding carboxylic acids is 2. The first-order valence-electron chi connectivity index (χ1n) is 8.79. The zero-order valence-corrected chi connectivity index (χ0v) is 15.5. The van der Waals surface area contributed by atoms with Gasteiger partial charge in [-0.3, -0.25) is 9.59 Å². The number of benzene rings is 2. The average molecular weight is 354 g/mol. The van der Waals surface area contributed by atoms with Crippen LogP contribution in [0.15, 0.2) is 48.5 Å². The molecule has 138 valence electrons. The van der Waals surface area contributed by atoms with E-state index < -0.39 is 0 Å². The Balaban J connectivity index is 1.98. The maximum Gasteiger partial charge on any atom is 0.255 e. The van der Waals surface area contributed by atoms with E-state index in [4.69, 9.17) is 4.74 Å². The van der Waals surface area contributed by atoms with Gasteiger partial charge in [0.05, 0.1) is 0 Å². The van der Waals surface area contributed by atoms with Crippen molar-refractivity contribution in [3.05, 3.63) is 65.2 Å². The van der Waals surface area contributed by atoms with Crippen LogP contribution in [0.3, 0.4) is 0 Å². The van der Waals surface area contributed by atoms with Crippen LogP contribution >= 0.6 is 0 Å². The predicted molar refractivity (Wildman–Crippen MR) is 104 cm³/mol. The first kappa shape index (κ1) is 19.7. The monoisotopic (exact) mass is 354 g/mol. The second-order valence-corrected chi connectivity index (χ2v) is 6.41. The minimum Gasteiger partial charge on any atom is -0.385 e. The van der Waals surface area contributed by atoms with Crippen molar-refractivity contribution in [2.75, 3.05) is 25.6 Å². The lowest BCUT2D eigenvalue weighted by Gasteiger charge is -2.09. The van der Waals surface area contributed by atoms with E-state index in [0.29, 0.717) is 35.9 Å². The lowest BCUT2D eigenvalue weighted by molar-refractivity contribution is 0.0947. The van der Waals surface area contributed by atoms with Crippen LogP contribution < -0.4 is 10.6 Å². The van der Waals surface area contributed by atoms with E-state index in [1.807, 2.05) is 24.3 Å². The van der Waals surface area contributed by atoms with Crippen molar-refractivity contribution >= 4 is 17.5 Å². The van der Waals surface area contributed by atoms with Gasteiger partial charge in [-0.15, -0.1) is 0 Å². The summed E-state index contributed by atoms with van der Waals surface area (Å²) in [4.78, 5) is 24.5. The van der Waals surface area contributed by atoms with E-state index in [2.05, 4.69) is 24.5 Å². The summed E-state index contributed by atoms with van der Waals surface area (Å²) >= 11 is 0. The Kier molecular flexibility index (Phi) is 7.36. The quantitative estimate of drug-likeness (QED) is 0.708. The molecule has 0 radical (unpaired) electrons. The summed E-state index contributed by atoms with van der Waals surface area (Å²) < 4.78 is 4.96. The SMILES string of the molecule is COCCCNC(=O)c1cccc(NC(=O)c2ccc(C(C)C)cc2)c1. The predicted octanol–water partition coefficient (Wildman–Crippen LogP) is 3.83. The molecule has 0 spiro atoms. The lowest BCUT2D eigenvalue weighted by atomic mass is 10.0. The third kappa shape index (κ3) is 5.70. The number of carbonyl (C=O) groups is 2. The molecule has 0 saturated carbocycles. The number of anilines is 1. The highest BCUT2D eigenvalue weighted by Gasteiger charge is 2.10. The zero-order chi connectivity index (χ0) is 18.9. The molecule has 0 bridgehead atoms. The standard InChI is InChI=1S/C21H26N2O3/c1-15(2)16-8-10-17(11-9-16)21(25)23-19-7-4-6-18(14-19)20(24)22-12-5-13-26-3/h4,6-11,14-15H,5,12-13H2,1-3H3,(H,22,24)(H,23,25). The molecule has 0 heterocycles. The largest absolute Gasteiger partial charge is 0.385 e. The normalized spacial score (nSPS) is 10.6. The van der Waals surface area contributed by atoms with Crippen LogP contribution in [0.25, 0.3) is 0 Å². The van der Waals surface area contributed by atoms with E-state index in [1.165, 1.54) is 5.56 Å². The fourth-order valence-corrected chi connectivity index (χ4v) is 2.48. The van der Waals surface area contributed by atoms with Gasteiger partial charge in [-0.25, -0.2) is 0 Å². The molecule has 26 heavy (non-hydrogen) atoms. The molecular formula is C21H26N2O3. The second kappa shape index (κ2) is 9.73. The number of methoxy groups -OCH3 is 1. The highest BCUT2D eigenvalue weighted by Crippen LogP contribution is 2.16. The number of amides is 2. The van der Waals surface area contributed by atoms with Gasteiger partial charge in [0.15, 0.2) is 0 Å². The van der Waals surface area contributed by atoms with Crippen LogP contribution in [-0.4, -0.2) is 32.1 Å². The molecule has 0 aliphatic heterocycles. The third-order valence-electron chi connectivity index (χ3n) is 4.03. The molecule has 0 saturated heterocycles. The molecule has 5 nitrogen and oxygen atoms in total. The molecule has 2 amide bonds. The topological polar surface area (TPSA) is 67.4 Å². The Morgan fingerprint density at radius 2 is 1.73 bits per heavy atom. The molecule has 5 heteroatoms. The summed E-state index contributed by atoms with van der Waals surface area (Å²) in [7, 11) is 1.63. The Morgan fingerprint density at radius 1 is 1.00 bits per heavy atom. The zero-order valence-electron chi connectivity index (χ0n) is 15.5. The summed E-state index contributed by atoms with van der Waals surface area (Å²) in [5.74, 6) is 0.0580. The van der Waals surface area contributed by atoms with Gasteiger partial charge in [0, 0.05) is 37.1 Å². The summed E-state index contributed by atoms with van der Waals surface area (Å²) in [5, 5.41) is 5.67. The molecule has 0 aliphatic carbocycles. The van der Waals surface area contributed by atoms with Gasteiger partial charge < -0.3 is 15.4 Å². The van der Waals surface area contributed by atoms with Crippen molar-refractivity contribution in [2.45, 2.75) is 26.2 Å². The second-order valence-electron chi connectivity index (χ2n) is 6.41. The van der Waals surface area contributed by atoms with Crippen molar-refractivity contribution < 1.29 is 14.3 Å². The molecule has 2 aromatic rings. The van der Waals surface area contributed by atoms with E-state index in [0.717, 1.165) is 6.42 Å². The molecule has 0 fully saturated rings. The summed E-state index contributed by atoms with van der Waals surface area (Å²) in [6, 6.07) is 14.5. The van der Waals surface area contributed by atoms with Gasteiger partial charge in [0.25, 0.3) is 11.8 Å². The number of hydrogen-bond donors (Lipinski definition) is 2. The minimum absolute atomic E-state index is 0.168.